The molecule has 1 fully saturated rings. The van der Waals surface area contributed by atoms with Gasteiger partial charge >= 0.3 is 0 Å². The third-order valence-corrected chi connectivity index (χ3v) is 4.86. The summed E-state index contributed by atoms with van der Waals surface area (Å²) in [5.41, 5.74) is 0. The first-order chi connectivity index (χ1) is 6.63. The van der Waals surface area contributed by atoms with Gasteiger partial charge in [0.1, 0.15) is 0 Å². The lowest BCUT2D eigenvalue weighted by molar-refractivity contribution is 0.256. The molecule has 0 N–H and O–H groups in total. The Hall–Kier alpha value is 0.350. The molecule has 1 rings (SSSR count). The van der Waals surface area contributed by atoms with Crippen molar-refractivity contribution in [2.45, 2.75) is 58.1 Å². The van der Waals surface area contributed by atoms with Crippen LogP contribution in [0.5, 0.6) is 0 Å². The largest absolute Gasteiger partial charge is 0.162 e. The molecule has 1 heteroatoms. The van der Waals surface area contributed by atoms with Crippen LogP contribution < -0.4 is 0 Å². The maximum absolute atomic E-state index is 2.44. The summed E-state index contributed by atoms with van der Waals surface area (Å²) in [6, 6.07) is 0. The summed E-state index contributed by atoms with van der Waals surface area (Å²) in [5.74, 6) is 2.82. The van der Waals surface area contributed by atoms with E-state index >= 15 is 0 Å². The second-order valence-corrected chi connectivity index (χ2v) is 6.51. The highest BCUT2D eigenvalue weighted by Crippen LogP contribution is 2.34. The molecule has 0 saturated heterocycles. The zero-order valence-electron chi connectivity index (χ0n) is 10.3. The predicted octanol–water partition coefficient (Wildman–Crippen LogP) is 4.59. The maximum Gasteiger partial charge on any atom is 0.00470 e. The normalized spacial score (nSPS) is 35.4. The van der Waals surface area contributed by atoms with Gasteiger partial charge in [-0.05, 0) is 43.3 Å². The van der Waals surface area contributed by atoms with Crippen molar-refractivity contribution >= 4 is 11.8 Å². The molecule has 0 amide bonds. The van der Waals surface area contributed by atoms with Gasteiger partial charge in [0.25, 0.3) is 0 Å². The van der Waals surface area contributed by atoms with Crippen LogP contribution in [0.1, 0.15) is 52.9 Å². The maximum atomic E-state index is 2.44. The molecule has 3 unspecified atom stereocenters. The first-order valence-corrected chi connectivity index (χ1v) is 7.45. The molecular weight excluding hydrogens is 188 g/mol. The van der Waals surface area contributed by atoms with Gasteiger partial charge in [-0.2, -0.15) is 11.8 Å². The first-order valence-electron chi connectivity index (χ1n) is 6.16. The molecule has 0 bridgehead atoms. The molecule has 0 nitrogen and oxygen atoms in total. The van der Waals surface area contributed by atoms with Gasteiger partial charge in [0, 0.05) is 5.25 Å². The second kappa shape index (κ2) is 6.05. The molecule has 0 aromatic rings. The van der Waals surface area contributed by atoms with Crippen LogP contribution >= 0.6 is 11.8 Å². The number of rotatable bonds is 2. The Labute approximate surface area is 94.2 Å². The Kier molecular flexibility index (Phi) is 5.36. The SMILES string of the molecule is CSC1CCCC(C)CC(C(C)C)C1. The van der Waals surface area contributed by atoms with Crippen LogP contribution in [0.15, 0.2) is 0 Å². The average molecular weight is 214 g/mol. The van der Waals surface area contributed by atoms with Crippen LogP contribution in [0.4, 0.5) is 0 Å². The molecule has 0 spiro atoms. The standard InChI is InChI=1S/C13H26S/c1-10(2)12-8-11(3)6-5-7-13(9-12)14-4/h10-13H,5-9H2,1-4H3. The minimum Gasteiger partial charge on any atom is -0.162 e. The highest BCUT2D eigenvalue weighted by molar-refractivity contribution is 7.99. The van der Waals surface area contributed by atoms with Crippen molar-refractivity contribution in [2.24, 2.45) is 17.8 Å². The van der Waals surface area contributed by atoms with Crippen molar-refractivity contribution in [3.05, 3.63) is 0 Å². The lowest BCUT2D eigenvalue weighted by atomic mass is 9.79. The van der Waals surface area contributed by atoms with E-state index in [4.69, 9.17) is 0 Å². The topological polar surface area (TPSA) is 0 Å². The molecule has 3 atom stereocenters. The van der Waals surface area contributed by atoms with Crippen LogP contribution in [0.3, 0.4) is 0 Å². The van der Waals surface area contributed by atoms with Gasteiger partial charge in [-0.3, -0.25) is 0 Å². The smallest absolute Gasteiger partial charge is 0.00470 e. The zero-order valence-corrected chi connectivity index (χ0v) is 11.1. The van der Waals surface area contributed by atoms with E-state index in [1.54, 1.807) is 0 Å². The van der Waals surface area contributed by atoms with Crippen molar-refractivity contribution in [1.82, 2.24) is 0 Å². The summed E-state index contributed by atoms with van der Waals surface area (Å²) in [7, 11) is 0. The molecule has 84 valence electrons. The third-order valence-electron chi connectivity index (χ3n) is 3.77. The van der Waals surface area contributed by atoms with E-state index in [9.17, 15) is 0 Å². The fourth-order valence-electron chi connectivity index (χ4n) is 2.64. The summed E-state index contributed by atoms with van der Waals surface area (Å²) >= 11 is 2.09. The van der Waals surface area contributed by atoms with Crippen molar-refractivity contribution in [3.63, 3.8) is 0 Å². The Balaban J connectivity index is 2.52. The lowest BCUT2D eigenvalue weighted by Crippen LogP contribution is -2.21. The van der Waals surface area contributed by atoms with Gasteiger partial charge in [0.05, 0.1) is 0 Å². The molecule has 1 saturated carbocycles. The highest BCUT2D eigenvalue weighted by Gasteiger charge is 2.23. The Morgan fingerprint density at radius 3 is 2.43 bits per heavy atom. The highest BCUT2D eigenvalue weighted by atomic mass is 32.2. The second-order valence-electron chi connectivity index (χ2n) is 5.37. The van der Waals surface area contributed by atoms with E-state index in [-0.39, 0.29) is 0 Å². The van der Waals surface area contributed by atoms with E-state index in [1.807, 2.05) is 0 Å². The minimum absolute atomic E-state index is 0.880. The van der Waals surface area contributed by atoms with Crippen LogP contribution in [0, 0.1) is 17.8 Å². The average Bonchev–Trinajstić information content (AvgIpc) is 2.10. The Morgan fingerprint density at radius 2 is 1.86 bits per heavy atom. The van der Waals surface area contributed by atoms with E-state index in [0.717, 1.165) is 23.0 Å². The van der Waals surface area contributed by atoms with Crippen LogP contribution in [-0.2, 0) is 0 Å². The zero-order chi connectivity index (χ0) is 10.6. The number of thioether (sulfide) groups is 1. The van der Waals surface area contributed by atoms with Gasteiger partial charge in [-0.15, -0.1) is 0 Å². The summed E-state index contributed by atoms with van der Waals surface area (Å²) < 4.78 is 0. The van der Waals surface area contributed by atoms with Crippen molar-refractivity contribution in [3.8, 4) is 0 Å². The lowest BCUT2D eigenvalue weighted by Gasteiger charge is -2.30. The summed E-state index contributed by atoms with van der Waals surface area (Å²) in [5, 5.41) is 0.940. The number of hydrogen-bond acceptors (Lipinski definition) is 1. The summed E-state index contributed by atoms with van der Waals surface area (Å²) in [6.07, 6.45) is 9.58. The fourth-order valence-corrected chi connectivity index (χ4v) is 3.48. The monoisotopic (exact) mass is 214 g/mol. The molecule has 1 aliphatic carbocycles. The predicted molar refractivity (Wildman–Crippen MR) is 67.9 cm³/mol. The first kappa shape index (κ1) is 12.4. The van der Waals surface area contributed by atoms with Crippen LogP contribution in [-0.4, -0.2) is 11.5 Å². The van der Waals surface area contributed by atoms with E-state index in [0.29, 0.717) is 0 Å². The van der Waals surface area contributed by atoms with Gasteiger partial charge in [0.2, 0.25) is 0 Å². The van der Waals surface area contributed by atoms with Crippen molar-refractivity contribution in [2.75, 3.05) is 6.26 Å². The van der Waals surface area contributed by atoms with Crippen LogP contribution in [0.25, 0.3) is 0 Å². The minimum atomic E-state index is 0.880. The van der Waals surface area contributed by atoms with Gasteiger partial charge < -0.3 is 0 Å². The molecule has 0 aliphatic heterocycles. The summed E-state index contributed by atoms with van der Waals surface area (Å²) in [4.78, 5) is 0. The van der Waals surface area contributed by atoms with Crippen LogP contribution in [0.2, 0.25) is 0 Å². The fraction of sp³-hybridized carbons (Fsp3) is 1.00. The van der Waals surface area contributed by atoms with Crippen molar-refractivity contribution < 1.29 is 0 Å². The van der Waals surface area contributed by atoms with E-state index < -0.39 is 0 Å². The number of hydrogen-bond donors (Lipinski definition) is 0. The summed E-state index contributed by atoms with van der Waals surface area (Å²) in [6.45, 7) is 7.24. The molecule has 14 heavy (non-hydrogen) atoms. The molecular formula is C13H26S. The quantitative estimate of drug-likeness (QED) is 0.648. The molecule has 0 aromatic heterocycles. The van der Waals surface area contributed by atoms with E-state index in [2.05, 4.69) is 38.8 Å². The van der Waals surface area contributed by atoms with Gasteiger partial charge in [-0.1, -0.05) is 33.6 Å². The molecule has 0 heterocycles. The van der Waals surface area contributed by atoms with Gasteiger partial charge in [-0.25, -0.2) is 0 Å². The van der Waals surface area contributed by atoms with Gasteiger partial charge in [0.15, 0.2) is 0 Å². The molecule has 0 aromatic carbocycles. The third kappa shape index (κ3) is 3.84. The van der Waals surface area contributed by atoms with E-state index in [1.165, 1.54) is 32.1 Å². The molecule has 0 radical (unpaired) electrons. The Bertz CT molecular complexity index is 153. The Morgan fingerprint density at radius 1 is 1.14 bits per heavy atom. The molecule has 1 aliphatic rings. The van der Waals surface area contributed by atoms with Crippen molar-refractivity contribution in [1.29, 1.82) is 0 Å².